The highest BCUT2D eigenvalue weighted by Crippen LogP contribution is 2.18. The second-order valence-corrected chi connectivity index (χ2v) is 5.27. The minimum atomic E-state index is 0.220. The lowest BCUT2D eigenvalue weighted by molar-refractivity contribution is 0.0245. The molecule has 106 valence electrons. The molecule has 1 aliphatic rings. The number of likely N-dealkylation sites (N-methyl/N-ethyl adjacent to an activating group) is 1. The molecule has 0 aliphatic carbocycles. The number of anilines is 1. The van der Waals surface area contributed by atoms with Gasteiger partial charge in [-0.2, -0.15) is 0 Å². The molecule has 3 heterocycles. The van der Waals surface area contributed by atoms with E-state index in [1.54, 1.807) is 12.4 Å². The van der Waals surface area contributed by atoms with Gasteiger partial charge >= 0.3 is 0 Å². The molecule has 0 saturated carbocycles. The average molecular weight is 273 g/mol. The van der Waals surface area contributed by atoms with Crippen molar-refractivity contribution in [2.24, 2.45) is 0 Å². The number of hydrogen-bond donors (Lipinski definition) is 0. The van der Waals surface area contributed by atoms with Crippen molar-refractivity contribution in [3.8, 4) is 0 Å². The third kappa shape index (κ3) is 2.86. The Labute approximate surface area is 118 Å². The van der Waals surface area contributed by atoms with Crippen molar-refractivity contribution in [2.75, 3.05) is 45.2 Å². The van der Waals surface area contributed by atoms with E-state index in [1.807, 2.05) is 12.1 Å². The highest BCUT2D eigenvalue weighted by molar-refractivity contribution is 5.71. The first kappa shape index (κ1) is 13.2. The fourth-order valence-electron chi connectivity index (χ4n) is 2.47. The molecule has 1 aliphatic heterocycles. The summed E-state index contributed by atoms with van der Waals surface area (Å²) in [5.74, 6) is 0.949. The van der Waals surface area contributed by atoms with Crippen LogP contribution in [-0.4, -0.2) is 66.3 Å². The first-order valence-corrected chi connectivity index (χ1v) is 6.81. The van der Waals surface area contributed by atoms with Gasteiger partial charge in [0.05, 0.1) is 12.7 Å². The van der Waals surface area contributed by atoms with Gasteiger partial charge < -0.3 is 14.5 Å². The lowest BCUT2D eigenvalue weighted by atomic mass is 10.2. The molecule has 1 fully saturated rings. The van der Waals surface area contributed by atoms with Crippen LogP contribution < -0.4 is 4.90 Å². The number of hydrogen-bond acceptors (Lipinski definition) is 6. The fourth-order valence-corrected chi connectivity index (χ4v) is 2.47. The van der Waals surface area contributed by atoms with Crippen LogP contribution in [-0.2, 0) is 4.74 Å². The molecule has 20 heavy (non-hydrogen) atoms. The van der Waals surface area contributed by atoms with Gasteiger partial charge in [0, 0.05) is 32.0 Å². The van der Waals surface area contributed by atoms with Crippen LogP contribution in [0.4, 0.5) is 5.82 Å². The zero-order valence-corrected chi connectivity index (χ0v) is 11.9. The summed E-state index contributed by atoms with van der Waals surface area (Å²) in [7, 11) is 4.12. The standard InChI is InChI=1S/C14H19N5O/c1-18(2)9-11-10-19(7-8-20-11)13-4-3-12-14(17-13)16-6-5-15-12/h3-6,11H,7-10H2,1-2H3. The van der Waals surface area contributed by atoms with Crippen molar-refractivity contribution in [3.05, 3.63) is 24.5 Å². The highest BCUT2D eigenvalue weighted by Gasteiger charge is 2.22. The molecule has 0 spiro atoms. The van der Waals surface area contributed by atoms with E-state index in [9.17, 15) is 0 Å². The van der Waals surface area contributed by atoms with Gasteiger partial charge in [0.25, 0.3) is 0 Å². The zero-order valence-electron chi connectivity index (χ0n) is 11.9. The third-order valence-electron chi connectivity index (χ3n) is 3.35. The molecule has 0 radical (unpaired) electrons. The average Bonchev–Trinajstić information content (AvgIpc) is 2.46. The van der Waals surface area contributed by atoms with Crippen LogP contribution >= 0.6 is 0 Å². The monoisotopic (exact) mass is 273 g/mol. The number of nitrogens with zero attached hydrogens (tertiary/aromatic N) is 5. The summed E-state index contributed by atoms with van der Waals surface area (Å²) in [6.07, 6.45) is 3.58. The Morgan fingerprint density at radius 1 is 1.30 bits per heavy atom. The van der Waals surface area contributed by atoms with Crippen molar-refractivity contribution in [1.29, 1.82) is 0 Å². The molecule has 2 aromatic heterocycles. The van der Waals surface area contributed by atoms with E-state index in [-0.39, 0.29) is 6.10 Å². The molecule has 0 amide bonds. The minimum Gasteiger partial charge on any atom is -0.373 e. The third-order valence-corrected chi connectivity index (χ3v) is 3.35. The Morgan fingerprint density at radius 3 is 3.00 bits per heavy atom. The molecule has 1 saturated heterocycles. The fraction of sp³-hybridized carbons (Fsp3) is 0.500. The summed E-state index contributed by atoms with van der Waals surface area (Å²) in [4.78, 5) is 17.5. The molecular weight excluding hydrogens is 254 g/mol. The van der Waals surface area contributed by atoms with Crippen LogP contribution in [0.15, 0.2) is 24.5 Å². The molecule has 2 aromatic rings. The predicted octanol–water partition coefficient (Wildman–Crippen LogP) is 0.792. The van der Waals surface area contributed by atoms with Crippen LogP contribution in [0, 0.1) is 0 Å². The summed E-state index contributed by atoms with van der Waals surface area (Å²) >= 11 is 0. The van der Waals surface area contributed by atoms with Crippen LogP contribution in [0.5, 0.6) is 0 Å². The Bertz CT molecular complexity index is 589. The van der Waals surface area contributed by atoms with E-state index >= 15 is 0 Å². The van der Waals surface area contributed by atoms with E-state index < -0.39 is 0 Å². The molecule has 6 heteroatoms. The van der Waals surface area contributed by atoms with Gasteiger partial charge in [-0.25, -0.2) is 9.97 Å². The number of ether oxygens (including phenoxy) is 1. The summed E-state index contributed by atoms with van der Waals surface area (Å²) in [6, 6.07) is 3.98. The first-order valence-electron chi connectivity index (χ1n) is 6.81. The van der Waals surface area contributed by atoms with Crippen molar-refractivity contribution in [3.63, 3.8) is 0 Å². The maximum Gasteiger partial charge on any atom is 0.180 e. The van der Waals surface area contributed by atoms with Crippen LogP contribution in [0.1, 0.15) is 0 Å². The van der Waals surface area contributed by atoms with E-state index in [0.29, 0.717) is 5.65 Å². The summed E-state index contributed by atoms with van der Waals surface area (Å²) in [5, 5.41) is 0. The second-order valence-electron chi connectivity index (χ2n) is 5.27. The summed E-state index contributed by atoms with van der Waals surface area (Å²) in [6.45, 7) is 3.38. The second kappa shape index (κ2) is 5.68. The largest absolute Gasteiger partial charge is 0.373 e. The van der Waals surface area contributed by atoms with Crippen molar-refractivity contribution >= 4 is 17.0 Å². The number of aromatic nitrogens is 3. The number of pyridine rings is 1. The Hall–Kier alpha value is -1.79. The summed E-state index contributed by atoms with van der Waals surface area (Å²) < 4.78 is 5.79. The van der Waals surface area contributed by atoms with Gasteiger partial charge in [-0.15, -0.1) is 0 Å². The maximum atomic E-state index is 5.79. The molecule has 1 unspecified atom stereocenters. The topological polar surface area (TPSA) is 54.4 Å². The van der Waals surface area contributed by atoms with Crippen molar-refractivity contribution < 1.29 is 4.74 Å². The number of morpholine rings is 1. The molecule has 1 atom stereocenters. The Morgan fingerprint density at radius 2 is 2.15 bits per heavy atom. The lowest BCUT2D eigenvalue weighted by Gasteiger charge is -2.34. The smallest absolute Gasteiger partial charge is 0.180 e. The molecular formula is C14H19N5O. The minimum absolute atomic E-state index is 0.220. The van der Waals surface area contributed by atoms with Crippen molar-refractivity contribution in [2.45, 2.75) is 6.10 Å². The van der Waals surface area contributed by atoms with Crippen molar-refractivity contribution in [1.82, 2.24) is 19.9 Å². The first-order chi connectivity index (χ1) is 9.72. The lowest BCUT2D eigenvalue weighted by Crippen LogP contribution is -2.46. The normalized spacial score (nSPS) is 19.8. The van der Waals surface area contributed by atoms with Gasteiger partial charge in [-0.05, 0) is 26.2 Å². The quantitative estimate of drug-likeness (QED) is 0.824. The summed E-state index contributed by atoms with van der Waals surface area (Å²) in [5.41, 5.74) is 1.52. The van der Waals surface area contributed by atoms with Gasteiger partial charge in [0.2, 0.25) is 0 Å². The van der Waals surface area contributed by atoms with E-state index in [1.165, 1.54) is 0 Å². The number of fused-ring (bicyclic) bond motifs is 1. The molecule has 6 nitrogen and oxygen atoms in total. The van der Waals surface area contributed by atoms with Crippen LogP contribution in [0.2, 0.25) is 0 Å². The molecule has 0 N–H and O–H groups in total. The van der Waals surface area contributed by atoms with Gasteiger partial charge in [0.1, 0.15) is 11.3 Å². The maximum absolute atomic E-state index is 5.79. The van der Waals surface area contributed by atoms with Crippen LogP contribution in [0.3, 0.4) is 0 Å². The molecule has 3 rings (SSSR count). The van der Waals surface area contributed by atoms with E-state index in [0.717, 1.165) is 37.6 Å². The SMILES string of the molecule is CN(C)CC1CN(c2ccc3nccnc3n2)CCO1. The van der Waals surface area contributed by atoms with E-state index in [2.05, 4.69) is 38.8 Å². The van der Waals surface area contributed by atoms with Gasteiger partial charge in [-0.3, -0.25) is 4.98 Å². The van der Waals surface area contributed by atoms with Gasteiger partial charge in [0.15, 0.2) is 5.65 Å². The highest BCUT2D eigenvalue weighted by atomic mass is 16.5. The van der Waals surface area contributed by atoms with Gasteiger partial charge in [-0.1, -0.05) is 0 Å². The Kier molecular flexibility index (Phi) is 3.75. The predicted molar refractivity (Wildman–Crippen MR) is 77.8 cm³/mol. The molecule has 0 bridgehead atoms. The molecule has 0 aromatic carbocycles. The Balaban J connectivity index is 1.79. The van der Waals surface area contributed by atoms with Crippen LogP contribution in [0.25, 0.3) is 11.2 Å². The zero-order chi connectivity index (χ0) is 13.9. The van der Waals surface area contributed by atoms with E-state index in [4.69, 9.17) is 4.74 Å². The number of rotatable bonds is 3.